The van der Waals surface area contributed by atoms with Gasteiger partial charge in [0.25, 0.3) is 0 Å². The van der Waals surface area contributed by atoms with Crippen LogP contribution in [0.15, 0.2) is 12.2 Å². The quantitative estimate of drug-likeness (QED) is 0.0205. The molecule has 0 aliphatic rings. The van der Waals surface area contributed by atoms with E-state index < -0.39 is 10.4 Å². The standard InChI is InChI=1S/C45H90O4S.Na/c1-3-5-7-9-11-13-15-17-19-20-21-22-23-24-25-26-27-28-29-31-33-35-37-39-41-43-45(44-49-50(46,47)48)42-40-38-36-34-32-30-18-16-14-12-10-8-6-4-2;/h40,42,45H,3-39,41,43-44H2,1-2H3,(H,46,47,48);/q;+1/p-1/b42-40+;. The third-order valence-corrected chi connectivity index (χ3v) is 11.2. The Morgan fingerprint density at radius 1 is 0.431 bits per heavy atom. The van der Waals surface area contributed by atoms with Crippen LogP contribution in [0.3, 0.4) is 0 Å². The second kappa shape index (κ2) is 45.0. The summed E-state index contributed by atoms with van der Waals surface area (Å²) >= 11 is 0. The minimum Gasteiger partial charge on any atom is -0.726 e. The summed E-state index contributed by atoms with van der Waals surface area (Å²) in [6.45, 7) is 4.56. The summed E-state index contributed by atoms with van der Waals surface area (Å²) < 4.78 is 37.7. The van der Waals surface area contributed by atoms with Crippen LogP contribution < -0.4 is 29.6 Å². The van der Waals surface area contributed by atoms with Crippen LogP contribution in [0.25, 0.3) is 0 Å². The third kappa shape index (κ3) is 48.6. The Kier molecular flexibility index (Phi) is 47.4. The molecule has 0 spiro atoms. The maximum Gasteiger partial charge on any atom is 1.00 e. The van der Waals surface area contributed by atoms with Gasteiger partial charge in [-0.2, -0.15) is 0 Å². The molecule has 6 heteroatoms. The smallest absolute Gasteiger partial charge is 0.726 e. The maximum atomic E-state index is 11.0. The summed E-state index contributed by atoms with van der Waals surface area (Å²) in [7, 11) is -4.63. The van der Waals surface area contributed by atoms with Crippen molar-refractivity contribution in [2.45, 2.75) is 264 Å². The Morgan fingerprint density at radius 3 is 0.961 bits per heavy atom. The average Bonchev–Trinajstić information content (AvgIpc) is 3.10. The second-order valence-corrected chi connectivity index (χ2v) is 16.9. The van der Waals surface area contributed by atoms with Crippen molar-refractivity contribution in [2.24, 2.45) is 5.92 Å². The molecule has 51 heavy (non-hydrogen) atoms. The summed E-state index contributed by atoms with van der Waals surface area (Å²) in [5.41, 5.74) is 0. The van der Waals surface area contributed by atoms with Crippen molar-refractivity contribution >= 4 is 10.4 Å². The minimum absolute atomic E-state index is 0. The fourth-order valence-corrected chi connectivity index (χ4v) is 7.68. The molecule has 0 aromatic carbocycles. The van der Waals surface area contributed by atoms with E-state index in [1.165, 1.54) is 231 Å². The van der Waals surface area contributed by atoms with Crippen LogP contribution in [-0.2, 0) is 14.6 Å². The Balaban J connectivity index is 0. The van der Waals surface area contributed by atoms with E-state index in [9.17, 15) is 13.0 Å². The normalized spacial score (nSPS) is 12.5. The first-order valence-corrected chi connectivity index (χ1v) is 24.1. The Hall–Kier alpha value is 0.610. The zero-order chi connectivity index (χ0) is 36.5. The maximum absolute atomic E-state index is 11.0. The van der Waals surface area contributed by atoms with Gasteiger partial charge in [-0.15, -0.1) is 0 Å². The van der Waals surface area contributed by atoms with Gasteiger partial charge in [-0.1, -0.05) is 257 Å². The van der Waals surface area contributed by atoms with E-state index in [-0.39, 0.29) is 42.1 Å². The van der Waals surface area contributed by atoms with E-state index in [0.717, 1.165) is 19.3 Å². The van der Waals surface area contributed by atoms with Crippen molar-refractivity contribution in [3.8, 4) is 0 Å². The zero-order valence-electron chi connectivity index (χ0n) is 35.1. The predicted molar refractivity (Wildman–Crippen MR) is 220 cm³/mol. The van der Waals surface area contributed by atoms with Crippen LogP contribution in [-0.4, -0.2) is 19.6 Å². The summed E-state index contributed by atoms with van der Waals surface area (Å²) in [5.74, 6) is 0.0144. The summed E-state index contributed by atoms with van der Waals surface area (Å²) in [6.07, 6.45) is 57.1. The zero-order valence-corrected chi connectivity index (χ0v) is 37.9. The molecule has 300 valence electrons. The topological polar surface area (TPSA) is 66.4 Å². The number of unbranched alkanes of at least 4 members (excludes halogenated alkanes) is 36. The molecule has 0 bridgehead atoms. The van der Waals surface area contributed by atoms with Crippen LogP contribution >= 0.6 is 0 Å². The molecular formula is C45H89NaO4S. The molecule has 0 aliphatic heterocycles. The number of hydrogen-bond acceptors (Lipinski definition) is 4. The summed E-state index contributed by atoms with van der Waals surface area (Å²) in [4.78, 5) is 0. The summed E-state index contributed by atoms with van der Waals surface area (Å²) in [5, 5.41) is 0. The van der Waals surface area contributed by atoms with Gasteiger partial charge in [0, 0.05) is 5.92 Å². The van der Waals surface area contributed by atoms with E-state index in [2.05, 4.69) is 30.2 Å². The van der Waals surface area contributed by atoms with E-state index in [0.29, 0.717) is 0 Å². The van der Waals surface area contributed by atoms with E-state index in [1.54, 1.807) is 0 Å². The Bertz CT molecular complexity index is 772. The molecule has 0 saturated carbocycles. The Morgan fingerprint density at radius 2 is 0.686 bits per heavy atom. The number of allylic oxidation sites excluding steroid dienone is 1. The SMILES string of the molecule is CCCCCCCCCCCCCC/C=C/C(CCCCCCCCCCCCCCCCCCCCCCCCCCC)COS(=O)(=O)[O-].[Na+]. The largest absolute Gasteiger partial charge is 1.00 e. The molecule has 1 atom stereocenters. The van der Waals surface area contributed by atoms with Gasteiger partial charge in [0.1, 0.15) is 0 Å². The molecule has 0 amide bonds. The fraction of sp³-hybridized carbons (Fsp3) is 0.956. The molecule has 4 nitrogen and oxygen atoms in total. The molecule has 0 N–H and O–H groups in total. The molecule has 0 aromatic heterocycles. The van der Waals surface area contributed by atoms with Gasteiger partial charge >= 0.3 is 29.6 Å². The van der Waals surface area contributed by atoms with Crippen molar-refractivity contribution in [1.29, 1.82) is 0 Å². The first-order valence-electron chi connectivity index (χ1n) is 22.8. The monoisotopic (exact) mass is 749 g/mol. The van der Waals surface area contributed by atoms with Gasteiger partial charge in [-0.05, 0) is 19.3 Å². The van der Waals surface area contributed by atoms with Gasteiger partial charge in [0.15, 0.2) is 0 Å². The van der Waals surface area contributed by atoms with Crippen molar-refractivity contribution in [3.63, 3.8) is 0 Å². The second-order valence-electron chi connectivity index (χ2n) is 15.8. The van der Waals surface area contributed by atoms with Crippen LogP contribution in [0.1, 0.15) is 264 Å². The molecule has 0 saturated heterocycles. The van der Waals surface area contributed by atoms with Gasteiger partial charge in [-0.3, -0.25) is 4.18 Å². The average molecular weight is 749 g/mol. The van der Waals surface area contributed by atoms with Crippen molar-refractivity contribution in [3.05, 3.63) is 12.2 Å². The van der Waals surface area contributed by atoms with Crippen molar-refractivity contribution in [2.75, 3.05) is 6.61 Å². The van der Waals surface area contributed by atoms with Crippen molar-refractivity contribution < 1.29 is 46.7 Å². The van der Waals surface area contributed by atoms with Crippen LogP contribution in [0.5, 0.6) is 0 Å². The predicted octanol–water partition coefficient (Wildman–Crippen LogP) is 12.9. The van der Waals surface area contributed by atoms with Gasteiger partial charge in [-0.25, -0.2) is 8.42 Å². The molecule has 0 rings (SSSR count). The minimum atomic E-state index is -4.63. The van der Waals surface area contributed by atoms with Gasteiger partial charge < -0.3 is 4.55 Å². The molecule has 0 aliphatic carbocycles. The fourth-order valence-electron chi connectivity index (χ4n) is 7.34. The molecule has 0 fully saturated rings. The third-order valence-electron chi connectivity index (χ3n) is 10.7. The first kappa shape index (κ1) is 53.7. The molecule has 0 aromatic rings. The first-order chi connectivity index (χ1) is 24.5. The van der Waals surface area contributed by atoms with E-state index in [1.807, 2.05) is 0 Å². The molecule has 0 radical (unpaired) electrons. The summed E-state index contributed by atoms with van der Waals surface area (Å²) in [6, 6.07) is 0. The van der Waals surface area contributed by atoms with Crippen LogP contribution in [0.2, 0.25) is 0 Å². The molecular weight excluding hydrogens is 660 g/mol. The van der Waals surface area contributed by atoms with Gasteiger partial charge in [0.05, 0.1) is 6.61 Å². The number of rotatable bonds is 43. The van der Waals surface area contributed by atoms with Crippen molar-refractivity contribution in [1.82, 2.24) is 0 Å². The van der Waals surface area contributed by atoms with Crippen LogP contribution in [0.4, 0.5) is 0 Å². The van der Waals surface area contributed by atoms with E-state index in [4.69, 9.17) is 0 Å². The molecule has 1 unspecified atom stereocenters. The van der Waals surface area contributed by atoms with Crippen LogP contribution in [0, 0.1) is 5.92 Å². The van der Waals surface area contributed by atoms with Gasteiger partial charge in [0.2, 0.25) is 10.4 Å². The van der Waals surface area contributed by atoms with E-state index >= 15 is 0 Å². The Labute approximate surface area is 343 Å². The number of hydrogen-bond donors (Lipinski definition) is 0. The molecule has 0 heterocycles.